The Balaban J connectivity index is 2.85. The molecular formula is C12H17BrO3. The van der Waals surface area contributed by atoms with Crippen molar-refractivity contribution in [3.05, 3.63) is 27.7 Å². The van der Waals surface area contributed by atoms with E-state index in [2.05, 4.69) is 15.9 Å². The third-order valence-electron chi connectivity index (χ3n) is 2.38. The summed E-state index contributed by atoms with van der Waals surface area (Å²) in [7, 11) is 0. The van der Waals surface area contributed by atoms with Crippen LogP contribution in [0.3, 0.4) is 0 Å². The SMILES string of the molecule is CCC(O)COc1c(C)cc(Br)cc1CO. The summed E-state index contributed by atoms with van der Waals surface area (Å²) >= 11 is 3.37. The van der Waals surface area contributed by atoms with Gasteiger partial charge in [-0.1, -0.05) is 22.9 Å². The summed E-state index contributed by atoms with van der Waals surface area (Å²) in [6, 6.07) is 3.74. The molecule has 0 aromatic heterocycles. The van der Waals surface area contributed by atoms with E-state index in [4.69, 9.17) is 4.74 Å². The molecule has 0 aliphatic rings. The lowest BCUT2D eigenvalue weighted by Gasteiger charge is -2.15. The van der Waals surface area contributed by atoms with Crippen LogP contribution in [0.2, 0.25) is 0 Å². The second-order valence-corrected chi connectivity index (χ2v) is 4.66. The topological polar surface area (TPSA) is 49.7 Å². The number of benzene rings is 1. The van der Waals surface area contributed by atoms with Gasteiger partial charge in [0.05, 0.1) is 12.7 Å². The molecule has 0 radical (unpaired) electrons. The van der Waals surface area contributed by atoms with Gasteiger partial charge in [0, 0.05) is 10.0 Å². The van der Waals surface area contributed by atoms with Gasteiger partial charge in [0.1, 0.15) is 12.4 Å². The van der Waals surface area contributed by atoms with Gasteiger partial charge in [0.25, 0.3) is 0 Å². The standard InChI is InChI=1S/C12H17BrO3/c1-3-11(15)7-16-12-8(2)4-10(13)5-9(12)6-14/h4-5,11,14-15H,3,6-7H2,1-2H3. The highest BCUT2D eigenvalue weighted by molar-refractivity contribution is 9.10. The number of aliphatic hydroxyl groups is 2. The Kier molecular flexibility index (Phi) is 5.25. The largest absolute Gasteiger partial charge is 0.490 e. The molecule has 0 fully saturated rings. The molecule has 0 spiro atoms. The minimum Gasteiger partial charge on any atom is -0.490 e. The van der Waals surface area contributed by atoms with Crippen molar-refractivity contribution in [1.29, 1.82) is 0 Å². The molecule has 0 saturated carbocycles. The molecular weight excluding hydrogens is 272 g/mol. The number of rotatable bonds is 5. The Bertz CT molecular complexity index is 352. The fourth-order valence-corrected chi connectivity index (χ4v) is 2.04. The highest BCUT2D eigenvalue weighted by Gasteiger charge is 2.10. The molecule has 3 nitrogen and oxygen atoms in total. The Labute approximate surface area is 104 Å². The molecule has 2 N–H and O–H groups in total. The zero-order chi connectivity index (χ0) is 12.1. The lowest BCUT2D eigenvalue weighted by Crippen LogP contribution is -2.17. The summed E-state index contributed by atoms with van der Waals surface area (Å²) < 4.78 is 6.45. The van der Waals surface area contributed by atoms with Crippen molar-refractivity contribution in [2.75, 3.05) is 6.61 Å². The first kappa shape index (κ1) is 13.5. The van der Waals surface area contributed by atoms with Gasteiger partial charge < -0.3 is 14.9 Å². The summed E-state index contributed by atoms with van der Waals surface area (Å²) in [6.45, 7) is 4.00. The maximum Gasteiger partial charge on any atom is 0.127 e. The van der Waals surface area contributed by atoms with Crippen LogP contribution >= 0.6 is 15.9 Å². The van der Waals surface area contributed by atoms with Gasteiger partial charge in [0.2, 0.25) is 0 Å². The van der Waals surface area contributed by atoms with Crippen molar-refractivity contribution in [3.63, 3.8) is 0 Å². The average molecular weight is 289 g/mol. The van der Waals surface area contributed by atoms with E-state index >= 15 is 0 Å². The van der Waals surface area contributed by atoms with E-state index in [0.29, 0.717) is 12.2 Å². The molecule has 1 rings (SSSR count). The van der Waals surface area contributed by atoms with E-state index in [1.165, 1.54) is 0 Å². The van der Waals surface area contributed by atoms with Crippen LogP contribution in [0.4, 0.5) is 0 Å². The third-order valence-corrected chi connectivity index (χ3v) is 2.84. The lowest BCUT2D eigenvalue weighted by molar-refractivity contribution is 0.102. The molecule has 0 saturated heterocycles. The smallest absolute Gasteiger partial charge is 0.127 e. The summed E-state index contributed by atoms with van der Waals surface area (Å²) in [5.41, 5.74) is 1.68. The molecule has 0 heterocycles. The molecule has 0 amide bonds. The second kappa shape index (κ2) is 6.23. The van der Waals surface area contributed by atoms with Crippen molar-refractivity contribution in [2.24, 2.45) is 0 Å². The van der Waals surface area contributed by atoms with Crippen LogP contribution in [0.1, 0.15) is 24.5 Å². The van der Waals surface area contributed by atoms with Gasteiger partial charge in [-0.25, -0.2) is 0 Å². The van der Waals surface area contributed by atoms with Crippen LogP contribution in [0.25, 0.3) is 0 Å². The fraction of sp³-hybridized carbons (Fsp3) is 0.500. The van der Waals surface area contributed by atoms with Crippen molar-refractivity contribution < 1.29 is 14.9 Å². The molecule has 1 aromatic carbocycles. The Morgan fingerprint density at radius 3 is 2.69 bits per heavy atom. The Morgan fingerprint density at radius 2 is 2.12 bits per heavy atom. The number of hydrogen-bond acceptors (Lipinski definition) is 3. The van der Waals surface area contributed by atoms with Gasteiger partial charge in [0.15, 0.2) is 0 Å². The van der Waals surface area contributed by atoms with Crippen molar-refractivity contribution in [3.8, 4) is 5.75 Å². The van der Waals surface area contributed by atoms with Crippen LogP contribution < -0.4 is 4.74 Å². The summed E-state index contributed by atoms with van der Waals surface area (Å²) in [6.07, 6.45) is 0.193. The molecule has 0 aliphatic heterocycles. The number of ether oxygens (including phenoxy) is 1. The van der Waals surface area contributed by atoms with Gasteiger partial charge in [-0.05, 0) is 31.0 Å². The van der Waals surface area contributed by atoms with E-state index in [1.807, 2.05) is 26.0 Å². The molecule has 1 aromatic rings. The zero-order valence-corrected chi connectivity index (χ0v) is 11.1. The number of aliphatic hydroxyl groups excluding tert-OH is 2. The number of hydrogen-bond donors (Lipinski definition) is 2. The minimum absolute atomic E-state index is 0.0716. The van der Waals surface area contributed by atoms with Gasteiger partial charge >= 0.3 is 0 Å². The predicted octanol–water partition coefficient (Wildman–Crippen LogP) is 2.40. The number of aryl methyl sites for hydroxylation is 1. The first-order valence-electron chi connectivity index (χ1n) is 5.29. The van der Waals surface area contributed by atoms with Gasteiger partial charge in [-0.2, -0.15) is 0 Å². The molecule has 1 unspecified atom stereocenters. The molecule has 0 bridgehead atoms. The predicted molar refractivity (Wildman–Crippen MR) is 66.6 cm³/mol. The second-order valence-electron chi connectivity index (χ2n) is 3.74. The first-order chi connectivity index (χ1) is 7.58. The van der Waals surface area contributed by atoms with E-state index in [9.17, 15) is 10.2 Å². The first-order valence-corrected chi connectivity index (χ1v) is 6.08. The third kappa shape index (κ3) is 3.47. The van der Waals surface area contributed by atoms with E-state index in [-0.39, 0.29) is 13.2 Å². The molecule has 4 heteroatoms. The average Bonchev–Trinajstić information content (AvgIpc) is 2.26. The molecule has 0 aliphatic carbocycles. The van der Waals surface area contributed by atoms with Crippen LogP contribution in [0.15, 0.2) is 16.6 Å². The monoisotopic (exact) mass is 288 g/mol. The van der Waals surface area contributed by atoms with E-state index in [0.717, 1.165) is 15.6 Å². The minimum atomic E-state index is -0.463. The van der Waals surface area contributed by atoms with Crippen LogP contribution in [-0.4, -0.2) is 22.9 Å². The van der Waals surface area contributed by atoms with E-state index in [1.54, 1.807) is 0 Å². The Morgan fingerprint density at radius 1 is 1.44 bits per heavy atom. The Hall–Kier alpha value is -0.580. The highest BCUT2D eigenvalue weighted by Crippen LogP contribution is 2.28. The van der Waals surface area contributed by atoms with Gasteiger partial charge in [-0.15, -0.1) is 0 Å². The van der Waals surface area contributed by atoms with Crippen LogP contribution in [0.5, 0.6) is 5.75 Å². The van der Waals surface area contributed by atoms with Gasteiger partial charge in [-0.3, -0.25) is 0 Å². The summed E-state index contributed by atoms with van der Waals surface area (Å²) in [5.74, 6) is 0.665. The molecule has 1 atom stereocenters. The maximum atomic E-state index is 9.43. The molecule has 16 heavy (non-hydrogen) atoms. The number of halogens is 1. The summed E-state index contributed by atoms with van der Waals surface area (Å²) in [4.78, 5) is 0. The lowest BCUT2D eigenvalue weighted by atomic mass is 10.1. The highest BCUT2D eigenvalue weighted by atomic mass is 79.9. The van der Waals surface area contributed by atoms with Crippen LogP contribution in [-0.2, 0) is 6.61 Å². The van der Waals surface area contributed by atoms with Crippen molar-refractivity contribution in [2.45, 2.75) is 33.0 Å². The van der Waals surface area contributed by atoms with Crippen molar-refractivity contribution in [1.82, 2.24) is 0 Å². The summed E-state index contributed by atoms with van der Waals surface area (Å²) in [5, 5.41) is 18.7. The maximum absolute atomic E-state index is 9.43. The van der Waals surface area contributed by atoms with E-state index < -0.39 is 6.10 Å². The molecule has 90 valence electrons. The quantitative estimate of drug-likeness (QED) is 0.875. The van der Waals surface area contributed by atoms with Crippen LogP contribution in [0, 0.1) is 6.92 Å². The normalized spacial score (nSPS) is 12.6. The fourth-order valence-electron chi connectivity index (χ4n) is 1.42. The van der Waals surface area contributed by atoms with Crippen molar-refractivity contribution >= 4 is 15.9 Å². The zero-order valence-electron chi connectivity index (χ0n) is 9.53.